The lowest BCUT2D eigenvalue weighted by molar-refractivity contribution is 0.0332. The average molecular weight is 175 g/mol. The standard InChI is InChI=1S/C9H19O3/c1-9(2)3-5-11-7-8-12-6-4-10/h10H,3-8H2,1-2H3. The predicted octanol–water partition coefficient (Wildman–Crippen LogP) is 1.02. The summed E-state index contributed by atoms with van der Waals surface area (Å²) < 4.78 is 10.3. The Bertz CT molecular complexity index is 83.8. The zero-order valence-electron chi connectivity index (χ0n) is 8.01. The van der Waals surface area contributed by atoms with Crippen LogP contribution in [0.4, 0.5) is 0 Å². The molecule has 1 N–H and O–H groups in total. The summed E-state index contributed by atoms with van der Waals surface area (Å²) in [5.41, 5.74) is 0. The Kier molecular flexibility index (Phi) is 8.88. The highest BCUT2D eigenvalue weighted by molar-refractivity contribution is 4.75. The summed E-state index contributed by atoms with van der Waals surface area (Å²) >= 11 is 0. The van der Waals surface area contributed by atoms with Crippen LogP contribution in [0.25, 0.3) is 0 Å². The number of aliphatic hydroxyl groups excluding tert-OH is 1. The van der Waals surface area contributed by atoms with E-state index in [4.69, 9.17) is 14.6 Å². The van der Waals surface area contributed by atoms with Gasteiger partial charge in [0.25, 0.3) is 0 Å². The predicted molar refractivity (Wildman–Crippen MR) is 47.9 cm³/mol. The number of hydrogen-bond acceptors (Lipinski definition) is 3. The van der Waals surface area contributed by atoms with Gasteiger partial charge in [-0.15, -0.1) is 0 Å². The van der Waals surface area contributed by atoms with Crippen LogP contribution in [-0.2, 0) is 9.47 Å². The summed E-state index contributed by atoms with van der Waals surface area (Å²) in [5.74, 6) is 1.38. The summed E-state index contributed by atoms with van der Waals surface area (Å²) in [6.07, 6.45) is 1.01. The van der Waals surface area contributed by atoms with Gasteiger partial charge in [-0.1, -0.05) is 13.8 Å². The van der Waals surface area contributed by atoms with Gasteiger partial charge in [0.1, 0.15) is 0 Å². The Morgan fingerprint density at radius 2 is 1.58 bits per heavy atom. The third-order valence-corrected chi connectivity index (χ3v) is 1.35. The van der Waals surface area contributed by atoms with Crippen LogP contribution < -0.4 is 0 Å². The first-order chi connectivity index (χ1) is 5.77. The topological polar surface area (TPSA) is 38.7 Å². The average Bonchev–Trinajstić information content (AvgIpc) is 2.02. The van der Waals surface area contributed by atoms with Crippen LogP contribution in [0.2, 0.25) is 0 Å². The minimum atomic E-state index is 0.0852. The van der Waals surface area contributed by atoms with Gasteiger partial charge < -0.3 is 14.6 Å². The van der Waals surface area contributed by atoms with Gasteiger partial charge in [0.2, 0.25) is 0 Å². The normalized spacial score (nSPS) is 11.0. The Balaban J connectivity index is 2.82. The summed E-state index contributed by atoms with van der Waals surface area (Å²) in [6, 6.07) is 0. The molecule has 0 saturated heterocycles. The van der Waals surface area contributed by atoms with E-state index in [0.29, 0.717) is 19.8 Å². The smallest absolute Gasteiger partial charge is 0.0701 e. The van der Waals surface area contributed by atoms with Crippen molar-refractivity contribution in [2.45, 2.75) is 20.3 Å². The maximum absolute atomic E-state index is 8.37. The van der Waals surface area contributed by atoms with Crippen molar-refractivity contribution >= 4 is 0 Å². The van der Waals surface area contributed by atoms with Crippen LogP contribution in [0.1, 0.15) is 20.3 Å². The van der Waals surface area contributed by atoms with E-state index in [1.54, 1.807) is 0 Å². The van der Waals surface area contributed by atoms with E-state index in [-0.39, 0.29) is 6.61 Å². The highest BCUT2D eigenvalue weighted by atomic mass is 16.5. The fraction of sp³-hybridized carbons (Fsp3) is 0.889. The van der Waals surface area contributed by atoms with E-state index in [2.05, 4.69) is 13.8 Å². The van der Waals surface area contributed by atoms with Crippen molar-refractivity contribution in [2.24, 2.45) is 0 Å². The molecule has 0 unspecified atom stereocenters. The minimum absolute atomic E-state index is 0.0852. The van der Waals surface area contributed by atoms with E-state index in [1.807, 2.05) is 0 Å². The van der Waals surface area contributed by atoms with E-state index in [0.717, 1.165) is 13.0 Å². The molecule has 0 spiro atoms. The van der Waals surface area contributed by atoms with Crippen LogP contribution in [0, 0.1) is 5.92 Å². The van der Waals surface area contributed by atoms with E-state index < -0.39 is 0 Å². The van der Waals surface area contributed by atoms with Crippen molar-refractivity contribution in [2.75, 3.05) is 33.0 Å². The third kappa shape index (κ3) is 9.88. The summed E-state index contributed by atoms with van der Waals surface area (Å²) in [7, 11) is 0. The fourth-order valence-electron chi connectivity index (χ4n) is 0.663. The highest BCUT2D eigenvalue weighted by Crippen LogP contribution is 2.00. The molecule has 0 saturated carbocycles. The van der Waals surface area contributed by atoms with Gasteiger partial charge in [0.15, 0.2) is 0 Å². The van der Waals surface area contributed by atoms with Crippen LogP contribution in [0.5, 0.6) is 0 Å². The lowest BCUT2D eigenvalue weighted by Gasteiger charge is -2.05. The van der Waals surface area contributed by atoms with E-state index in [9.17, 15) is 0 Å². The zero-order valence-corrected chi connectivity index (χ0v) is 8.01. The molecule has 0 aromatic heterocycles. The molecule has 0 amide bonds. The van der Waals surface area contributed by atoms with Crippen molar-refractivity contribution in [3.8, 4) is 0 Å². The molecule has 0 bridgehead atoms. The quantitative estimate of drug-likeness (QED) is 0.560. The number of ether oxygens (including phenoxy) is 2. The summed E-state index contributed by atoms with van der Waals surface area (Å²) in [4.78, 5) is 0. The number of hydrogen-bond donors (Lipinski definition) is 1. The Labute approximate surface area is 74.7 Å². The maximum Gasteiger partial charge on any atom is 0.0701 e. The number of aliphatic hydroxyl groups is 1. The first kappa shape index (κ1) is 11.9. The Morgan fingerprint density at radius 3 is 2.08 bits per heavy atom. The molecule has 0 aliphatic heterocycles. The lowest BCUT2D eigenvalue weighted by atomic mass is 10.1. The molecule has 0 atom stereocenters. The Morgan fingerprint density at radius 1 is 1.00 bits per heavy atom. The van der Waals surface area contributed by atoms with Gasteiger partial charge in [0.05, 0.1) is 26.4 Å². The summed E-state index contributed by atoms with van der Waals surface area (Å²) in [5, 5.41) is 8.37. The first-order valence-electron chi connectivity index (χ1n) is 4.32. The van der Waals surface area contributed by atoms with E-state index >= 15 is 0 Å². The molecule has 0 aromatic carbocycles. The SMILES string of the molecule is C[C](C)CCOCCOCCO. The second-order valence-electron chi connectivity index (χ2n) is 2.91. The van der Waals surface area contributed by atoms with Crippen LogP contribution in [-0.4, -0.2) is 38.1 Å². The molecule has 1 radical (unpaired) electrons. The molecule has 12 heavy (non-hydrogen) atoms. The molecule has 0 aliphatic carbocycles. The third-order valence-electron chi connectivity index (χ3n) is 1.35. The second-order valence-corrected chi connectivity index (χ2v) is 2.91. The van der Waals surface area contributed by atoms with Gasteiger partial charge in [-0.25, -0.2) is 0 Å². The number of rotatable bonds is 8. The maximum atomic E-state index is 8.37. The second kappa shape index (κ2) is 8.97. The molecule has 3 heteroatoms. The molecular weight excluding hydrogens is 156 g/mol. The molecule has 0 fully saturated rings. The lowest BCUT2D eigenvalue weighted by Crippen LogP contribution is -2.08. The zero-order chi connectivity index (χ0) is 9.23. The van der Waals surface area contributed by atoms with Gasteiger partial charge in [-0.2, -0.15) is 0 Å². The summed E-state index contributed by atoms with van der Waals surface area (Å²) in [6.45, 7) is 6.63. The van der Waals surface area contributed by atoms with Crippen molar-refractivity contribution in [3.63, 3.8) is 0 Å². The van der Waals surface area contributed by atoms with Crippen molar-refractivity contribution < 1.29 is 14.6 Å². The molecule has 0 aromatic rings. The van der Waals surface area contributed by atoms with Crippen LogP contribution in [0.3, 0.4) is 0 Å². The van der Waals surface area contributed by atoms with E-state index in [1.165, 1.54) is 5.92 Å². The first-order valence-corrected chi connectivity index (χ1v) is 4.32. The minimum Gasteiger partial charge on any atom is -0.394 e. The molecular formula is C9H19O3. The molecule has 3 nitrogen and oxygen atoms in total. The van der Waals surface area contributed by atoms with Crippen LogP contribution in [0.15, 0.2) is 0 Å². The Hall–Kier alpha value is -0.120. The molecule has 0 heterocycles. The highest BCUT2D eigenvalue weighted by Gasteiger charge is 1.93. The van der Waals surface area contributed by atoms with Gasteiger partial charge in [0, 0.05) is 6.61 Å². The van der Waals surface area contributed by atoms with Gasteiger partial charge in [-0.3, -0.25) is 0 Å². The molecule has 73 valence electrons. The molecule has 0 rings (SSSR count). The van der Waals surface area contributed by atoms with Crippen molar-refractivity contribution in [1.29, 1.82) is 0 Å². The van der Waals surface area contributed by atoms with Crippen LogP contribution >= 0.6 is 0 Å². The molecule has 0 aliphatic rings. The fourth-order valence-corrected chi connectivity index (χ4v) is 0.663. The largest absolute Gasteiger partial charge is 0.394 e. The van der Waals surface area contributed by atoms with Crippen molar-refractivity contribution in [1.82, 2.24) is 0 Å². The van der Waals surface area contributed by atoms with Crippen molar-refractivity contribution in [3.05, 3.63) is 5.92 Å². The monoisotopic (exact) mass is 175 g/mol. The van der Waals surface area contributed by atoms with Gasteiger partial charge >= 0.3 is 0 Å². The van der Waals surface area contributed by atoms with Gasteiger partial charge in [-0.05, 0) is 12.3 Å².